The van der Waals surface area contributed by atoms with E-state index < -0.39 is 0 Å². The van der Waals surface area contributed by atoms with Crippen molar-refractivity contribution in [2.75, 3.05) is 20.7 Å². The van der Waals surface area contributed by atoms with Crippen LogP contribution >= 0.6 is 0 Å². The fourth-order valence-electron chi connectivity index (χ4n) is 2.40. The second-order valence-corrected chi connectivity index (χ2v) is 5.71. The van der Waals surface area contributed by atoms with Crippen LogP contribution in [0.4, 0.5) is 0 Å². The molecule has 0 aromatic heterocycles. The molecule has 0 heterocycles. The molecule has 96 valence electrons. The van der Waals surface area contributed by atoms with Gasteiger partial charge in [0, 0.05) is 25.7 Å². The number of ether oxygens (including phenoxy) is 1. The first kappa shape index (κ1) is 13.9. The Kier molecular flexibility index (Phi) is 5.22. The van der Waals surface area contributed by atoms with E-state index in [1.54, 1.807) is 7.11 Å². The SMILES string of the molecule is COC(C)(C)CCN(C)C1CCCCC1N. The molecular weight excluding hydrogens is 200 g/mol. The van der Waals surface area contributed by atoms with Crippen molar-refractivity contribution in [2.45, 2.75) is 63.6 Å². The van der Waals surface area contributed by atoms with Crippen molar-refractivity contribution < 1.29 is 4.74 Å². The Morgan fingerprint density at radius 1 is 1.31 bits per heavy atom. The maximum atomic E-state index is 6.18. The summed E-state index contributed by atoms with van der Waals surface area (Å²) in [6.07, 6.45) is 6.13. The fourth-order valence-corrected chi connectivity index (χ4v) is 2.40. The zero-order valence-electron chi connectivity index (χ0n) is 11.3. The number of likely N-dealkylation sites (N-methyl/N-ethyl adjacent to an activating group) is 1. The van der Waals surface area contributed by atoms with E-state index >= 15 is 0 Å². The lowest BCUT2D eigenvalue weighted by Crippen LogP contribution is -2.49. The van der Waals surface area contributed by atoms with Crippen LogP contribution in [0, 0.1) is 0 Å². The second kappa shape index (κ2) is 5.99. The Labute approximate surface area is 100 Å². The molecule has 0 aromatic carbocycles. The molecule has 1 aliphatic rings. The van der Waals surface area contributed by atoms with Crippen LogP contribution < -0.4 is 5.73 Å². The monoisotopic (exact) mass is 228 g/mol. The molecule has 1 rings (SSSR count). The van der Waals surface area contributed by atoms with Gasteiger partial charge in [-0.3, -0.25) is 0 Å². The Hall–Kier alpha value is -0.120. The smallest absolute Gasteiger partial charge is 0.0634 e. The third-order valence-corrected chi connectivity index (χ3v) is 3.97. The van der Waals surface area contributed by atoms with Gasteiger partial charge in [0.05, 0.1) is 5.60 Å². The Balaban J connectivity index is 2.36. The number of nitrogens with two attached hydrogens (primary N) is 1. The highest BCUT2D eigenvalue weighted by molar-refractivity contribution is 4.85. The Bertz CT molecular complexity index is 206. The van der Waals surface area contributed by atoms with Crippen LogP contribution in [0.15, 0.2) is 0 Å². The highest BCUT2D eigenvalue weighted by atomic mass is 16.5. The zero-order chi connectivity index (χ0) is 12.2. The molecule has 0 saturated heterocycles. The van der Waals surface area contributed by atoms with Crippen molar-refractivity contribution >= 4 is 0 Å². The van der Waals surface area contributed by atoms with Gasteiger partial charge in [-0.1, -0.05) is 12.8 Å². The van der Waals surface area contributed by atoms with Crippen LogP contribution in [-0.4, -0.2) is 43.3 Å². The predicted octanol–water partition coefficient (Wildman–Crippen LogP) is 2.00. The van der Waals surface area contributed by atoms with Crippen molar-refractivity contribution in [1.29, 1.82) is 0 Å². The molecule has 0 bridgehead atoms. The van der Waals surface area contributed by atoms with Gasteiger partial charge in [0.25, 0.3) is 0 Å². The summed E-state index contributed by atoms with van der Waals surface area (Å²) in [5.74, 6) is 0. The molecule has 16 heavy (non-hydrogen) atoms. The van der Waals surface area contributed by atoms with Gasteiger partial charge in [0.1, 0.15) is 0 Å². The van der Waals surface area contributed by atoms with E-state index in [4.69, 9.17) is 10.5 Å². The molecule has 2 atom stereocenters. The minimum absolute atomic E-state index is 0.0208. The molecule has 0 aromatic rings. The molecule has 0 aliphatic heterocycles. The minimum atomic E-state index is -0.0208. The molecule has 0 amide bonds. The van der Waals surface area contributed by atoms with Crippen molar-refractivity contribution in [3.63, 3.8) is 0 Å². The molecule has 2 unspecified atom stereocenters. The van der Waals surface area contributed by atoms with E-state index in [1.165, 1.54) is 25.7 Å². The normalized spacial score (nSPS) is 27.4. The minimum Gasteiger partial charge on any atom is -0.379 e. The molecule has 3 heteroatoms. The van der Waals surface area contributed by atoms with E-state index in [9.17, 15) is 0 Å². The number of methoxy groups -OCH3 is 1. The predicted molar refractivity (Wildman–Crippen MR) is 68.6 cm³/mol. The first-order chi connectivity index (χ1) is 7.46. The van der Waals surface area contributed by atoms with E-state index in [1.807, 2.05) is 0 Å². The number of hydrogen-bond donors (Lipinski definition) is 1. The van der Waals surface area contributed by atoms with Gasteiger partial charge < -0.3 is 15.4 Å². The van der Waals surface area contributed by atoms with Crippen molar-refractivity contribution in [2.24, 2.45) is 5.73 Å². The van der Waals surface area contributed by atoms with Gasteiger partial charge >= 0.3 is 0 Å². The average Bonchev–Trinajstić information content (AvgIpc) is 2.27. The quantitative estimate of drug-likeness (QED) is 0.782. The summed E-state index contributed by atoms with van der Waals surface area (Å²) in [6.45, 7) is 5.35. The molecule has 1 saturated carbocycles. The maximum absolute atomic E-state index is 6.18. The summed E-state index contributed by atoms with van der Waals surface area (Å²) >= 11 is 0. The Morgan fingerprint density at radius 2 is 1.94 bits per heavy atom. The van der Waals surface area contributed by atoms with Crippen LogP contribution in [0.1, 0.15) is 46.0 Å². The number of rotatable bonds is 5. The lowest BCUT2D eigenvalue weighted by atomic mass is 9.89. The van der Waals surface area contributed by atoms with Crippen LogP contribution in [0.3, 0.4) is 0 Å². The fraction of sp³-hybridized carbons (Fsp3) is 1.00. The maximum Gasteiger partial charge on any atom is 0.0634 e. The molecule has 2 N–H and O–H groups in total. The highest BCUT2D eigenvalue weighted by Gasteiger charge is 2.26. The van der Waals surface area contributed by atoms with E-state index in [2.05, 4.69) is 25.8 Å². The molecule has 3 nitrogen and oxygen atoms in total. The summed E-state index contributed by atoms with van der Waals surface area (Å²) in [5.41, 5.74) is 6.16. The van der Waals surface area contributed by atoms with Gasteiger partial charge in [-0.15, -0.1) is 0 Å². The lowest BCUT2D eigenvalue weighted by molar-refractivity contribution is 0.00418. The van der Waals surface area contributed by atoms with E-state index in [-0.39, 0.29) is 5.60 Å². The first-order valence-electron chi connectivity index (χ1n) is 6.47. The van der Waals surface area contributed by atoms with Gasteiger partial charge in [0.2, 0.25) is 0 Å². The van der Waals surface area contributed by atoms with Crippen LogP contribution in [0.25, 0.3) is 0 Å². The summed E-state index contributed by atoms with van der Waals surface area (Å²) in [7, 11) is 3.98. The van der Waals surface area contributed by atoms with E-state index in [0.717, 1.165) is 13.0 Å². The standard InChI is InChI=1S/C13H28N2O/c1-13(2,16-4)9-10-15(3)12-8-6-5-7-11(12)14/h11-12H,5-10,14H2,1-4H3. The van der Waals surface area contributed by atoms with Crippen molar-refractivity contribution in [1.82, 2.24) is 4.90 Å². The highest BCUT2D eigenvalue weighted by Crippen LogP contribution is 2.22. The van der Waals surface area contributed by atoms with Crippen molar-refractivity contribution in [3.8, 4) is 0 Å². The van der Waals surface area contributed by atoms with Crippen LogP contribution in [0.5, 0.6) is 0 Å². The third kappa shape index (κ3) is 4.04. The average molecular weight is 228 g/mol. The van der Waals surface area contributed by atoms with Gasteiger partial charge in [-0.25, -0.2) is 0 Å². The zero-order valence-corrected chi connectivity index (χ0v) is 11.3. The van der Waals surface area contributed by atoms with Crippen LogP contribution in [-0.2, 0) is 4.74 Å². The molecule has 1 fully saturated rings. The molecule has 0 radical (unpaired) electrons. The first-order valence-corrected chi connectivity index (χ1v) is 6.47. The summed E-state index contributed by atoms with van der Waals surface area (Å²) in [6, 6.07) is 0.936. The molecule has 0 spiro atoms. The number of nitrogens with zero attached hydrogens (tertiary/aromatic N) is 1. The van der Waals surface area contributed by atoms with Gasteiger partial charge in [-0.2, -0.15) is 0 Å². The van der Waals surface area contributed by atoms with Crippen molar-refractivity contribution in [3.05, 3.63) is 0 Å². The molecular formula is C13H28N2O. The topological polar surface area (TPSA) is 38.5 Å². The van der Waals surface area contributed by atoms with E-state index in [0.29, 0.717) is 12.1 Å². The van der Waals surface area contributed by atoms with Gasteiger partial charge in [-0.05, 0) is 40.2 Å². The second-order valence-electron chi connectivity index (χ2n) is 5.71. The lowest BCUT2D eigenvalue weighted by Gasteiger charge is -2.37. The number of hydrogen-bond acceptors (Lipinski definition) is 3. The third-order valence-electron chi connectivity index (χ3n) is 3.97. The summed E-state index contributed by atoms with van der Waals surface area (Å²) < 4.78 is 5.44. The molecule has 1 aliphatic carbocycles. The summed E-state index contributed by atoms with van der Waals surface area (Å²) in [5, 5.41) is 0. The van der Waals surface area contributed by atoms with Crippen LogP contribution in [0.2, 0.25) is 0 Å². The summed E-state index contributed by atoms with van der Waals surface area (Å²) in [4.78, 5) is 2.42. The Morgan fingerprint density at radius 3 is 2.50 bits per heavy atom. The van der Waals surface area contributed by atoms with Gasteiger partial charge in [0.15, 0.2) is 0 Å². The largest absolute Gasteiger partial charge is 0.379 e.